The molecule has 11 rings (SSSR count). The van der Waals surface area contributed by atoms with E-state index in [0.717, 1.165) is 27.8 Å². The maximum Gasteiger partial charge on any atom is 0.332 e. The van der Waals surface area contributed by atoms with E-state index < -0.39 is 52.0 Å². The highest BCUT2D eigenvalue weighted by Crippen LogP contribution is 2.83. The van der Waals surface area contributed by atoms with Crippen molar-refractivity contribution in [1.82, 2.24) is 15.1 Å². The van der Waals surface area contributed by atoms with Gasteiger partial charge in [0.1, 0.15) is 11.8 Å². The molecule has 4 bridgehead atoms. The molecule has 0 radical (unpaired) electrons. The molecule has 4 unspecified atom stereocenters. The number of rotatable bonds is 3. The number of phenols is 2. The first-order valence-corrected chi connectivity index (χ1v) is 20.4. The zero-order chi connectivity index (χ0) is 39.7. The number of methoxy groups -OCH3 is 2. The van der Waals surface area contributed by atoms with Gasteiger partial charge in [0.2, 0.25) is 6.79 Å². The van der Waals surface area contributed by atoms with E-state index in [1.165, 1.54) is 14.0 Å². The molecule has 1 saturated carbocycles. The summed E-state index contributed by atoms with van der Waals surface area (Å²) in [7, 11) is 5.04. The Kier molecular flexibility index (Phi) is 7.06. The first-order chi connectivity index (χ1) is 27.4. The number of aromatic hydroxyl groups is 2. The highest BCUT2D eigenvalue weighted by atomic mass is 32.2. The second kappa shape index (κ2) is 11.4. The number of hydrogen-bond donors (Lipinski definition) is 3. The van der Waals surface area contributed by atoms with E-state index in [9.17, 15) is 20.3 Å². The van der Waals surface area contributed by atoms with E-state index in [2.05, 4.69) is 27.3 Å². The Bertz CT molecular complexity index is 2440. The second-order valence-electron chi connectivity index (χ2n) is 16.7. The topological polar surface area (TPSA) is 172 Å². The van der Waals surface area contributed by atoms with Gasteiger partial charge in [0.15, 0.2) is 45.6 Å². The van der Waals surface area contributed by atoms with Crippen molar-refractivity contribution in [3.8, 4) is 46.3 Å². The van der Waals surface area contributed by atoms with Crippen LogP contribution in [0, 0.1) is 31.1 Å². The van der Waals surface area contributed by atoms with Crippen LogP contribution in [0.15, 0.2) is 18.2 Å². The van der Waals surface area contributed by atoms with Gasteiger partial charge in [-0.25, -0.2) is 4.79 Å². The summed E-state index contributed by atoms with van der Waals surface area (Å²) in [4.78, 5) is 33.2. The number of thioether (sulfide) groups is 1. The largest absolute Gasteiger partial charge is 0.504 e. The van der Waals surface area contributed by atoms with Crippen molar-refractivity contribution in [3.05, 3.63) is 62.7 Å². The van der Waals surface area contributed by atoms with Crippen molar-refractivity contribution < 1.29 is 48.2 Å². The first kappa shape index (κ1) is 35.3. The maximum absolute atomic E-state index is 15.5. The molecule has 3 N–H and O–H groups in total. The standard InChI is InChI=1S/C42H42N4O10S/c1-17-9-21-10-23-24(14-43)46-32(31(45(23)4)28(21)33(49)34(17)52-6)38-42(56-39(50)40(15-57-38)22-12-26(51-5)25(48)11-20(22)7-8-44-40)27-13-41(27,46)29-30(42)35(55-19(3)47)18(2)36-37(29)54-16-53-36/h9,11-12,23-24,27,31-32,38,44,48-49H,7-8,10,13,15-16H2,1-6H3/t23-,24-,27?,31+,32?,38-,40+,41?,42?/m0/s1. The zero-order valence-electron chi connectivity index (χ0n) is 32.3. The Hall–Kier alpha value is -4.88. The fourth-order valence-corrected chi connectivity index (χ4v) is 14.2. The summed E-state index contributed by atoms with van der Waals surface area (Å²) in [5, 5.41) is 37.3. The van der Waals surface area contributed by atoms with Crippen LogP contribution in [0.1, 0.15) is 63.9 Å². The van der Waals surface area contributed by atoms with Crippen LogP contribution in [0.3, 0.4) is 0 Å². The number of piperidine rings is 1. The summed E-state index contributed by atoms with van der Waals surface area (Å²) in [5.74, 6) is 0.788. The fourth-order valence-electron chi connectivity index (χ4n) is 12.3. The van der Waals surface area contributed by atoms with E-state index in [-0.39, 0.29) is 47.5 Å². The highest BCUT2D eigenvalue weighted by molar-refractivity contribution is 8.00. The van der Waals surface area contributed by atoms with Gasteiger partial charge in [-0.3, -0.25) is 19.9 Å². The fraction of sp³-hybridized carbons (Fsp3) is 0.500. The number of ether oxygens (including phenoxy) is 6. The number of hydrogen-bond acceptors (Lipinski definition) is 15. The number of aryl methyl sites for hydroxylation is 1. The molecule has 9 atom stereocenters. The molecule has 296 valence electrons. The Morgan fingerprint density at radius 1 is 1.09 bits per heavy atom. The molecule has 3 saturated heterocycles. The summed E-state index contributed by atoms with van der Waals surface area (Å²) in [6.07, 6.45) is 1.65. The molecule has 6 aliphatic heterocycles. The number of nitriles is 1. The van der Waals surface area contributed by atoms with Crippen molar-refractivity contribution in [1.29, 1.82) is 5.26 Å². The third kappa shape index (κ3) is 3.98. The van der Waals surface area contributed by atoms with Gasteiger partial charge in [0, 0.05) is 59.5 Å². The van der Waals surface area contributed by atoms with E-state index in [4.69, 9.17) is 28.4 Å². The van der Waals surface area contributed by atoms with E-state index in [0.29, 0.717) is 59.7 Å². The number of phenolic OH excluding ortho intramolecular Hbond substituents is 2. The van der Waals surface area contributed by atoms with E-state index in [1.807, 2.05) is 20.9 Å². The lowest BCUT2D eigenvalue weighted by Gasteiger charge is -2.62. The summed E-state index contributed by atoms with van der Waals surface area (Å²) in [6.45, 7) is 5.49. The molecule has 6 heterocycles. The minimum atomic E-state index is -1.38. The van der Waals surface area contributed by atoms with Crippen LogP contribution in [0.2, 0.25) is 0 Å². The molecule has 3 aromatic carbocycles. The van der Waals surface area contributed by atoms with Gasteiger partial charge in [0.05, 0.1) is 37.1 Å². The molecular formula is C42H42N4O10S. The molecular weight excluding hydrogens is 753 g/mol. The van der Waals surface area contributed by atoms with E-state index in [1.54, 1.807) is 31.0 Å². The molecule has 0 aromatic heterocycles. The van der Waals surface area contributed by atoms with Crippen LogP contribution < -0.4 is 29.0 Å². The lowest BCUT2D eigenvalue weighted by Crippen LogP contribution is -2.73. The third-order valence-electron chi connectivity index (χ3n) is 14.4. The average molecular weight is 795 g/mol. The SMILES string of the molecule is COc1cc2c(cc1O)CCN[C@]21CS[C@H]2C3[C@H]4c5c(cc(C)c(OC)c5O)C[C@@H]([C@H](C#N)N3C35CC3C2(OC1=O)c1c(OC(C)=O)c(C)c2c(c15)OCO2)N4C. The van der Waals surface area contributed by atoms with Crippen molar-refractivity contribution in [2.45, 2.75) is 86.1 Å². The van der Waals surface area contributed by atoms with E-state index >= 15 is 4.79 Å². The summed E-state index contributed by atoms with van der Waals surface area (Å²) < 4.78 is 37.3. The van der Waals surface area contributed by atoms with Gasteiger partial charge in [-0.1, -0.05) is 6.07 Å². The Labute approximate surface area is 332 Å². The lowest BCUT2D eigenvalue weighted by molar-refractivity contribution is -0.186. The third-order valence-corrected chi connectivity index (χ3v) is 16.0. The number of carbonyl (C=O) groups is 2. The van der Waals surface area contributed by atoms with Crippen molar-refractivity contribution >= 4 is 23.7 Å². The zero-order valence-corrected chi connectivity index (χ0v) is 33.2. The number of piperazine rings is 1. The molecule has 4 fully saturated rings. The number of fused-ring (bicyclic) bond motifs is 12. The minimum Gasteiger partial charge on any atom is -0.504 e. The smallest absolute Gasteiger partial charge is 0.332 e. The summed E-state index contributed by atoms with van der Waals surface area (Å²) in [6, 6.07) is 6.34. The number of benzene rings is 3. The molecule has 15 heteroatoms. The molecule has 8 aliphatic rings. The predicted molar refractivity (Wildman–Crippen MR) is 203 cm³/mol. The lowest BCUT2D eigenvalue weighted by atomic mass is 9.70. The summed E-state index contributed by atoms with van der Waals surface area (Å²) >= 11 is 1.59. The second-order valence-corrected chi connectivity index (χ2v) is 17.9. The van der Waals surface area contributed by atoms with Crippen LogP contribution in [0.25, 0.3) is 0 Å². The van der Waals surface area contributed by atoms with Crippen molar-refractivity contribution in [3.63, 3.8) is 0 Å². The first-order valence-electron chi connectivity index (χ1n) is 19.3. The molecule has 3 aromatic rings. The maximum atomic E-state index is 15.5. The van der Waals surface area contributed by atoms with Crippen LogP contribution in [0.4, 0.5) is 0 Å². The number of carbonyl (C=O) groups excluding carboxylic acids is 2. The Morgan fingerprint density at radius 3 is 2.61 bits per heavy atom. The number of esters is 2. The van der Waals surface area contributed by atoms with Crippen LogP contribution >= 0.6 is 11.8 Å². The highest BCUT2D eigenvalue weighted by Gasteiger charge is 2.87. The van der Waals surface area contributed by atoms with Crippen LogP contribution in [-0.2, 0) is 43.8 Å². The monoisotopic (exact) mass is 794 g/mol. The average Bonchev–Trinajstić information content (AvgIpc) is 3.71. The number of nitrogens with one attached hydrogen (secondary N) is 1. The predicted octanol–water partition coefficient (Wildman–Crippen LogP) is 3.70. The van der Waals surface area contributed by atoms with Gasteiger partial charge in [-0.15, -0.1) is 11.8 Å². The van der Waals surface area contributed by atoms with Gasteiger partial charge in [-0.2, -0.15) is 5.26 Å². The van der Waals surface area contributed by atoms with Crippen LogP contribution in [-0.4, -0.2) is 95.7 Å². The molecule has 2 spiro atoms. The van der Waals surface area contributed by atoms with Crippen molar-refractivity contribution in [2.24, 2.45) is 5.92 Å². The van der Waals surface area contributed by atoms with Crippen LogP contribution in [0.5, 0.6) is 40.2 Å². The van der Waals surface area contributed by atoms with Gasteiger partial charge in [0.25, 0.3) is 0 Å². The Morgan fingerprint density at radius 2 is 1.88 bits per heavy atom. The summed E-state index contributed by atoms with van der Waals surface area (Å²) in [5.41, 5.74) is 2.21. The minimum absolute atomic E-state index is 0.0142. The van der Waals surface area contributed by atoms with Gasteiger partial charge in [-0.05, 0) is 74.5 Å². The number of nitrogens with zero attached hydrogens (tertiary/aromatic N) is 3. The van der Waals surface area contributed by atoms with Gasteiger partial charge >= 0.3 is 11.9 Å². The number of likely N-dealkylation sites (N-methyl/N-ethyl adjacent to an activating group) is 1. The molecule has 14 nitrogen and oxygen atoms in total. The molecule has 57 heavy (non-hydrogen) atoms. The van der Waals surface area contributed by atoms with Gasteiger partial charge < -0.3 is 38.6 Å². The molecule has 0 amide bonds. The quantitative estimate of drug-likeness (QED) is 0.259. The molecule has 2 aliphatic carbocycles. The normalized spacial score (nSPS) is 34.6. The van der Waals surface area contributed by atoms with Crippen molar-refractivity contribution in [2.75, 3.05) is 40.4 Å². The Balaban J connectivity index is 1.22.